The van der Waals surface area contributed by atoms with Gasteiger partial charge in [0.15, 0.2) is 6.04 Å². The van der Waals surface area contributed by atoms with E-state index in [2.05, 4.69) is 57.4 Å². The van der Waals surface area contributed by atoms with Crippen molar-refractivity contribution >= 4 is 5.97 Å². The van der Waals surface area contributed by atoms with Crippen LogP contribution >= 0.6 is 0 Å². The predicted molar refractivity (Wildman–Crippen MR) is 146 cm³/mol. The number of likely N-dealkylation sites (N-methyl/N-ethyl adjacent to an activating group) is 1. The van der Waals surface area contributed by atoms with Gasteiger partial charge < -0.3 is 14.0 Å². The number of hydrogen-bond donors (Lipinski definition) is 0. The first-order valence-electron chi connectivity index (χ1n) is 13.7. The van der Waals surface area contributed by atoms with Gasteiger partial charge in [0.2, 0.25) is 0 Å². The van der Waals surface area contributed by atoms with Crippen LogP contribution in [0.4, 0.5) is 0 Å². The van der Waals surface area contributed by atoms with Gasteiger partial charge in [-0.2, -0.15) is 0 Å². The van der Waals surface area contributed by atoms with Gasteiger partial charge in [0.05, 0.1) is 27.3 Å². The molecule has 0 saturated carbocycles. The molecule has 0 N–H and O–H groups in total. The molecule has 0 spiro atoms. The SMILES string of the molecule is CCCCCCCCCc1ccc(OCCCCOC(=O)C(C)[N+](C)(C)Cc2ccccc2)cc1. The molecule has 1 unspecified atom stereocenters. The Labute approximate surface area is 214 Å². The second-order valence-corrected chi connectivity index (χ2v) is 10.3. The van der Waals surface area contributed by atoms with Crippen molar-refractivity contribution in [1.29, 1.82) is 0 Å². The second-order valence-electron chi connectivity index (χ2n) is 10.3. The van der Waals surface area contributed by atoms with Gasteiger partial charge in [-0.1, -0.05) is 87.9 Å². The minimum absolute atomic E-state index is 0.136. The Kier molecular flexibility index (Phi) is 13.5. The van der Waals surface area contributed by atoms with Crippen LogP contribution in [0.1, 0.15) is 82.8 Å². The molecule has 4 nitrogen and oxygen atoms in total. The fourth-order valence-corrected chi connectivity index (χ4v) is 4.20. The highest BCUT2D eigenvalue weighted by Crippen LogP contribution is 2.17. The summed E-state index contributed by atoms with van der Waals surface area (Å²) in [4.78, 5) is 12.6. The standard InChI is InChI=1S/C31H48NO3/c1-5-6-7-8-9-10-12-17-28-20-22-30(23-21-28)34-24-15-16-25-35-31(33)27(2)32(3,4)26-29-18-13-11-14-19-29/h11,13-14,18-23,27H,5-10,12,15-17,24-26H2,1-4H3/q+1. The number of hydrogen-bond acceptors (Lipinski definition) is 3. The highest BCUT2D eigenvalue weighted by Gasteiger charge is 2.32. The fourth-order valence-electron chi connectivity index (χ4n) is 4.20. The maximum atomic E-state index is 12.6. The van der Waals surface area contributed by atoms with Gasteiger partial charge in [-0.3, -0.25) is 0 Å². The average molecular weight is 483 g/mol. The first-order chi connectivity index (χ1) is 16.9. The Balaban J connectivity index is 1.55. The predicted octanol–water partition coefficient (Wildman–Crippen LogP) is 7.35. The van der Waals surface area contributed by atoms with Crippen LogP contribution in [-0.4, -0.2) is 43.8 Å². The summed E-state index contributed by atoms with van der Waals surface area (Å²) in [6, 6.07) is 18.6. The van der Waals surface area contributed by atoms with Crippen LogP contribution in [-0.2, 0) is 22.5 Å². The van der Waals surface area contributed by atoms with Crippen molar-refractivity contribution in [2.45, 2.75) is 90.6 Å². The number of unbranched alkanes of at least 4 members (excludes halogenated alkanes) is 7. The molecule has 0 radical (unpaired) electrons. The van der Waals surface area contributed by atoms with Crippen molar-refractivity contribution in [3.05, 3.63) is 65.7 Å². The molecule has 0 aromatic heterocycles. The lowest BCUT2D eigenvalue weighted by Gasteiger charge is -2.34. The van der Waals surface area contributed by atoms with Gasteiger partial charge in [-0.15, -0.1) is 0 Å². The maximum absolute atomic E-state index is 12.6. The van der Waals surface area contributed by atoms with Crippen molar-refractivity contribution in [1.82, 2.24) is 0 Å². The normalized spacial score (nSPS) is 12.3. The van der Waals surface area contributed by atoms with Gasteiger partial charge in [-0.05, 0) is 50.3 Å². The second kappa shape index (κ2) is 16.4. The number of nitrogens with zero attached hydrogens (tertiary/aromatic N) is 1. The van der Waals surface area contributed by atoms with Crippen molar-refractivity contribution in [3.63, 3.8) is 0 Å². The smallest absolute Gasteiger partial charge is 0.364 e. The van der Waals surface area contributed by atoms with E-state index in [4.69, 9.17) is 9.47 Å². The third kappa shape index (κ3) is 11.8. The number of aryl methyl sites for hydroxylation is 1. The Morgan fingerprint density at radius 3 is 2.09 bits per heavy atom. The third-order valence-electron chi connectivity index (χ3n) is 6.87. The summed E-state index contributed by atoms with van der Waals surface area (Å²) in [5.41, 5.74) is 2.61. The first kappa shape index (κ1) is 28.9. The summed E-state index contributed by atoms with van der Waals surface area (Å²) >= 11 is 0. The molecule has 0 bridgehead atoms. The number of carbonyl (C=O) groups excluding carboxylic acids is 1. The van der Waals surface area contributed by atoms with E-state index in [1.54, 1.807) is 0 Å². The van der Waals surface area contributed by atoms with Gasteiger partial charge in [0.1, 0.15) is 12.3 Å². The minimum Gasteiger partial charge on any atom is -0.494 e. The number of rotatable bonds is 18. The summed E-state index contributed by atoms with van der Waals surface area (Å²) in [5.74, 6) is 0.780. The fraction of sp³-hybridized carbons (Fsp3) is 0.581. The van der Waals surface area contributed by atoms with Crippen LogP contribution in [0.25, 0.3) is 0 Å². The molecular formula is C31H48NO3+. The largest absolute Gasteiger partial charge is 0.494 e. The van der Waals surface area contributed by atoms with Crippen molar-refractivity contribution in [2.24, 2.45) is 0 Å². The maximum Gasteiger partial charge on any atom is 0.364 e. The lowest BCUT2D eigenvalue weighted by molar-refractivity contribution is -0.917. The molecule has 0 aliphatic carbocycles. The molecule has 0 saturated heterocycles. The van der Waals surface area contributed by atoms with E-state index in [1.807, 2.05) is 25.1 Å². The van der Waals surface area contributed by atoms with Crippen molar-refractivity contribution < 1.29 is 18.8 Å². The molecule has 1 atom stereocenters. The summed E-state index contributed by atoms with van der Waals surface area (Å²) in [6.45, 7) is 6.09. The molecule has 0 heterocycles. The summed E-state index contributed by atoms with van der Waals surface area (Å²) in [6.07, 6.45) is 12.2. The summed E-state index contributed by atoms with van der Waals surface area (Å²) < 4.78 is 12.0. The average Bonchev–Trinajstić information content (AvgIpc) is 2.86. The molecule has 35 heavy (non-hydrogen) atoms. The number of carbonyl (C=O) groups is 1. The number of esters is 1. The van der Waals surface area contributed by atoms with Gasteiger partial charge in [0.25, 0.3) is 0 Å². The van der Waals surface area contributed by atoms with E-state index in [9.17, 15) is 4.79 Å². The molecule has 0 fully saturated rings. The quantitative estimate of drug-likeness (QED) is 0.127. The lowest BCUT2D eigenvalue weighted by atomic mass is 10.0. The monoisotopic (exact) mass is 482 g/mol. The molecule has 0 amide bonds. The molecule has 194 valence electrons. The van der Waals surface area contributed by atoms with Gasteiger partial charge in [-0.25, -0.2) is 4.79 Å². The van der Waals surface area contributed by atoms with Gasteiger partial charge >= 0.3 is 5.97 Å². The zero-order chi connectivity index (χ0) is 25.4. The number of benzene rings is 2. The molecule has 4 heteroatoms. The summed E-state index contributed by atoms with van der Waals surface area (Å²) in [5, 5.41) is 0. The molecule has 2 rings (SSSR count). The van der Waals surface area contributed by atoms with E-state index >= 15 is 0 Å². The Bertz CT molecular complexity index is 817. The Morgan fingerprint density at radius 1 is 0.771 bits per heavy atom. The molecular weight excluding hydrogens is 434 g/mol. The number of quaternary nitrogens is 1. The van der Waals surface area contributed by atoms with Crippen molar-refractivity contribution in [2.75, 3.05) is 27.3 Å². The van der Waals surface area contributed by atoms with Crippen LogP contribution in [0.3, 0.4) is 0 Å². The molecule has 2 aromatic rings. The van der Waals surface area contributed by atoms with Crippen molar-refractivity contribution in [3.8, 4) is 5.75 Å². The topological polar surface area (TPSA) is 35.5 Å². The zero-order valence-corrected chi connectivity index (χ0v) is 22.6. The van der Waals surface area contributed by atoms with Crippen LogP contribution in [0, 0.1) is 0 Å². The van der Waals surface area contributed by atoms with E-state index in [1.165, 1.54) is 56.1 Å². The lowest BCUT2D eigenvalue weighted by Crippen LogP contribution is -2.51. The van der Waals surface area contributed by atoms with Crippen LogP contribution < -0.4 is 4.74 Å². The zero-order valence-electron chi connectivity index (χ0n) is 22.6. The van der Waals surface area contributed by atoms with E-state index in [0.29, 0.717) is 17.7 Å². The van der Waals surface area contributed by atoms with Gasteiger partial charge in [0, 0.05) is 5.56 Å². The highest BCUT2D eigenvalue weighted by atomic mass is 16.5. The third-order valence-corrected chi connectivity index (χ3v) is 6.87. The van der Waals surface area contributed by atoms with E-state index < -0.39 is 0 Å². The van der Waals surface area contributed by atoms with E-state index in [0.717, 1.165) is 31.6 Å². The Hall–Kier alpha value is -2.33. The molecule has 0 aliphatic heterocycles. The molecule has 2 aromatic carbocycles. The van der Waals surface area contributed by atoms with Crippen LogP contribution in [0.2, 0.25) is 0 Å². The first-order valence-corrected chi connectivity index (χ1v) is 13.7. The minimum atomic E-state index is -0.217. The summed E-state index contributed by atoms with van der Waals surface area (Å²) in [7, 11) is 4.15. The van der Waals surface area contributed by atoms with Crippen LogP contribution in [0.15, 0.2) is 54.6 Å². The van der Waals surface area contributed by atoms with Crippen LogP contribution in [0.5, 0.6) is 5.75 Å². The Morgan fingerprint density at radius 2 is 1.40 bits per heavy atom. The van der Waals surface area contributed by atoms with E-state index in [-0.39, 0.29) is 12.0 Å². The number of ether oxygens (including phenoxy) is 2. The molecule has 0 aliphatic rings. The highest BCUT2D eigenvalue weighted by molar-refractivity contribution is 5.74.